The van der Waals surface area contributed by atoms with E-state index in [0.717, 1.165) is 19.4 Å². The molecule has 0 saturated carbocycles. The largest absolute Gasteiger partial charge is 0.341 e. The van der Waals surface area contributed by atoms with Gasteiger partial charge in [0.25, 0.3) is 0 Å². The Hall–Kier alpha value is -0.900. The van der Waals surface area contributed by atoms with Crippen LogP contribution in [0.25, 0.3) is 11.0 Å². The predicted octanol–water partition coefficient (Wildman–Crippen LogP) is 3.35. The highest BCUT2D eigenvalue weighted by Crippen LogP contribution is 2.39. The molecule has 2 aromatic rings. The van der Waals surface area contributed by atoms with Gasteiger partial charge in [0.15, 0.2) is 5.52 Å². The number of hydrogen-bond acceptors (Lipinski definition) is 5. The Kier molecular flexibility index (Phi) is 5.31. The average molecular weight is 456 g/mol. The number of benzene rings is 1. The van der Waals surface area contributed by atoms with Crippen LogP contribution >= 0.6 is 44.3 Å². The zero-order valence-corrected chi connectivity index (χ0v) is 15.4. The number of anilines is 1. The monoisotopic (exact) mass is 453 g/mol. The number of nitro benzene ring substituents is 1. The van der Waals surface area contributed by atoms with Crippen LogP contribution in [0.2, 0.25) is 0 Å². The summed E-state index contributed by atoms with van der Waals surface area (Å²) < 4.78 is 1.01. The van der Waals surface area contributed by atoms with E-state index in [-0.39, 0.29) is 24.1 Å². The molecule has 1 fully saturated rings. The second-order valence-electron chi connectivity index (χ2n) is 5.08. The number of nitrogens with two attached hydrogens (primary N) is 1. The van der Waals surface area contributed by atoms with Gasteiger partial charge in [0.05, 0.1) is 10.4 Å². The maximum absolute atomic E-state index is 11.3. The van der Waals surface area contributed by atoms with Crippen molar-refractivity contribution in [3.63, 3.8) is 0 Å². The standard InChI is InChI=1S/C12H13Br2N5O2.ClH/c13-7-4-8-10(11(9(7)14)19(20)21)17-12(16-8)18-3-1-2-6(15)5-18;/h4,6H,1-3,5,15H2,(H,16,17);1H. The Morgan fingerprint density at radius 3 is 2.86 bits per heavy atom. The fourth-order valence-electron chi connectivity index (χ4n) is 2.58. The fraction of sp³-hybridized carbons (Fsp3) is 0.417. The van der Waals surface area contributed by atoms with E-state index in [0.29, 0.717) is 32.5 Å². The van der Waals surface area contributed by atoms with Crippen molar-refractivity contribution in [1.82, 2.24) is 9.97 Å². The quantitative estimate of drug-likeness (QED) is 0.534. The van der Waals surface area contributed by atoms with Crippen LogP contribution in [0.15, 0.2) is 15.0 Å². The summed E-state index contributed by atoms with van der Waals surface area (Å²) >= 11 is 6.56. The van der Waals surface area contributed by atoms with Crippen molar-refractivity contribution in [1.29, 1.82) is 0 Å². The van der Waals surface area contributed by atoms with Crippen molar-refractivity contribution in [2.24, 2.45) is 5.73 Å². The van der Waals surface area contributed by atoms with E-state index in [2.05, 4.69) is 41.8 Å². The van der Waals surface area contributed by atoms with E-state index >= 15 is 0 Å². The van der Waals surface area contributed by atoms with Crippen molar-refractivity contribution < 1.29 is 4.92 Å². The number of nitro groups is 1. The lowest BCUT2D eigenvalue weighted by atomic mass is 10.1. The lowest BCUT2D eigenvalue weighted by molar-refractivity contribution is -0.384. The molecule has 0 amide bonds. The first kappa shape index (κ1) is 17.5. The van der Waals surface area contributed by atoms with Crippen molar-refractivity contribution in [2.45, 2.75) is 18.9 Å². The summed E-state index contributed by atoms with van der Waals surface area (Å²) in [5.41, 5.74) is 6.92. The molecule has 0 radical (unpaired) electrons. The van der Waals surface area contributed by atoms with E-state index in [9.17, 15) is 10.1 Å². The molecular formula is C12H14Br2ClN5O2. The predicted molar refractivity (Wildman–Crippen MR) is 94.8 cm³/mol. The van der Waals surface area contributed by atoms with E-state index in [1.54, 1.807) is 6.07 Å². The highest BCUT2D eigenvalue weighted by atomic mass is 79.9. The maximum Gasteiger partial charge on any atom is 0.312 e. The molecule has 2 heterocycles. The summed E-state index contributed by atoms with van der Waals surface area (Å²) in [6.07, 6.45) is 1.99. The molecule has 0 spiro atoms. The molecule has 3 N–H and O–H groups in total. The molecule has 1 aromatic carbocycles. The zero-order valence-electron chi connectivity index (χ0n) is 11.4. The van der Waals surface area contributed by atoms with Gasteiger partial charge in [-0.25, -0.2) is 4.98 Å². The molecule has 1 saturated heterocycles. The van der Waals surface area contributed by atoms with E-state index in [4.69, 9.17) is 5.73 Å². The topological polar surface area (TPSA) is 101 Å². The summed E-state index contributed by atoms with van der Waals surface area (Å²) in [6, 6.07) is 1.90. The van der Waals surface area contributed by atoms with Gasteiger partial charge in [-0.15, -0.1) is 12.4 Å². The molecule has 1 aromatic heterocycles. The van der Waals surface area contributed by atoms with Crippen molar-refractivity contribution >= 4 is 66.9 Å². The number of nitrogens with zero attached hydrogens (tertiary/aromatic N) is 3. The average Bonchev–Trinajstić information content (AvgIpc) is 2.82. The minimum absolute atomic E-state index is 0. The lowest BCUT2D eigenvalue weighted by Crippen LogP contribution is -2.43. The second-order valence-corrected chi connectivity index (χ2v) is 6.73. The Morgan fingerprint density at radius 2 is 2.23 bits per heavy atom. The molecule has 10 heteroatoms. The van der Waals surface area contributed by atoms with Gasteiger partial charge in [0, 0.05) is 23.6 Å². The summed E-state index contributed by atoms with van der Waals surface area (Å²) in [5.74, 6) is 0.633. The first-order valence-electron chi connectivity index (χ1n) is 6.50. The number of imidazole rings is 1. The summed E-state index contributed by atoms with van der Waals surface area (Å²) in [7, 11) is 0. The number of fused-ring (bicyclic) bond motifs is 1. The van der Waals surface area contributed by atoms with Crippen LogP contribution in [0.1, 0.15) is 12.8 Å². The zero-order chi connectivity index (χ0) is 15.1. The van der Waals surface area contributed by atoms with Gasteiger partial charge in [0.2, 0.25) is 5.95 Å². The smallest absolute Gasteiger partial charge is 0.312 e. The molecule has 120 valence electrons. The Morgan fingerprint density at radius 1 is 1.50 bits per heavy atom. The number of aromatic amines is 1. The summed E-state index contributed by atoms with van der Waals surface area (Å²) in [6.45, 7) is 1.56. The van der Waals surface area contributed by atoms with Crippen molar-refractivity contribution in [2.75, 3.05) is 18.0 Å². The third-order valence-electron chi connectivity index (χ3n) is 3.57. The van der Waals surface area contributed by atoms with Crippen LogP contribution < -0.4 is 10.6 Å². The van der Waals surface area contributed by atoms with E-state index < -0.39 is 4.92 Å². The molecular weight excluding hydrogens is 441 g/mol. The maximum atomic E-state index is 11.3. The molecule has 3 rings (SSSR count). The highest BCUT2D eigenvalue weighted by molar-refractivity contribution is 9.13. The first-order chi connectivity index (χ1) is 9.97. The fourth-order valence-corrected chi connectivity index (χ4v) is 3.45. The number of halogens is 3. The van der Waals surface area contributed by atoms with Crippen LogP contribution in [0.5, 0.6) is 0 Å². The van der Waals surface area contributed by atoms with Gasteiger partial charge in [0.1, 0.15) is 4.47 Å². The minimum Gasteiger partial charge on any atom is -0.341 e. The third kappa shape index (κ3) is 3.08. The minimum atomic E-state index is -0.427. The van der Waals surface area contributed by atoms with Crippen molar-refractivity contribution in [3.8, 4) is 0 Å². The summed E-state index contributed by atoms with van der Waals surface area (Å²) in [5, 5.41) is 11.3. The molecule has 1 unspecified atom stereocenters. The van der Waals surface area contributed by atoms with Gasteiger partial charge in [-0.1, -0.05) is 0 Å². The van der Waals surface area contributed by atoms with Gasteiger partial charge < -0.3 is 15.6 Å². The molecule has 22 heavy (non-hydrogen) atoms. The molecule has 1 aliphatic heterocycles. The number of hydrogen-bond donors (Lipinski definition) is 2. The Bertz CT molecular complexity index is 723. The Balaban J connectivity index is 0.00000176. The van der Waals surface area contributed by atoms with Crippen LogP contribution in [0.3, 0.4) is 0 Å². The van der Waals surface area contributed by atoms with Gasteiger partial charge >= 0.3 is 5.69 Å². The second kappa shape index (κ2) is 6.69. The highest BCUT2D eigenvalue weighted by Gasteiger charge is 2.26. The number of piperidine rings is 1. The third-order valence-corrected chi connectivity index (χ3v) is 5.53. The summed E-state index contributed by atoms with van der Waals surface area (Å²) in [4.78, 5) is 20.5. The molecule has 7 nitrogen and oxygen atoms in total. The number of aromatic nitrogens is 2. The number of rotatable bonds is 2. The SMILES string of the molecule is Cl.NC1CCCN(c2nc3c([N+](=O)[O-])c(Br)c(Br)cc3[nH]2)C1. The van der Waals surface area contributed by atoms with Crippen LogP contribution in [-0.2, 0) is 0 Å². The lowest BCUT2D eigenvalue weighted by Gasteiger charge is -2.30. The molecule has 1 aliphatic rings. The van der Waals surface area contributed by atoms with Gasteiger partial charge in [-0.2, -0.15) is 0 Å². The van der Waals surface area contributed by atoms with Gasteiger partial charge in [-0.05, 0) is 50.8 Å². The van der Waals surface area contributed by atoms with Crippen LogP contribution in [0, 0.1) is 10.1 Å². The normalized spacial score (nSPS) is 18.3. The molecule has 0 bridgehead atoms. The number of H-pyrrole nitrogens is 1. The van der Waals surface area contributed by atoms with E-state index in [1.165, 1.54) is 0 Å². The number of nitrogens with one attached hydrogen (secondary N) is 1. The van der Waals surface area contributed by atoms with Gasteiger partial charge in [-0.3, -0.25) is 10.1 Å². The molecule has 0 aliphatic carbocycles. The van der Waals surface area contributed by atoms with Crippen LogP contribution in [-0.4, -0.2) is 34.0 Å². The first-order valence-corrected chi connectivity index (χ1v) is 8.08. The van der Waals surface area contributed by atoms with Crippen molar-refractivity contribution in [3.05, 3.63) is 25.1 Å². The Labute approximate surface area is 149 Å². The van der Waals surface area contributed by atoms with E-state index in [1.807, 2.05) is 4.90 Å². The molecule has 1 atom stereocenters. The van der Waals surface area contributed by atoms with Crippen LogP contribution in [0.4, 0.5) is 11.6 Å².